The molecule has 0 saturated carbocycles. The molecule has 0 aliphatic rings. The van der Waals surface area contributed by atoms with Gasteiger partial charge in [-0.1, -0.05) is 12.1 Å². The smallest absolute Gasteiger partial charge is 0.0607 e. The van der Waals surface area contributed by atoms with E-state index in [9.17, 15) is 5.11 Å². The van der Waals surface area contributed by atoms with Gasteiger partial charge >= 0.3 is 0 Å². The molecule has 3 heteroatoms. The van der Waals surface area contributed by atoms with Crippen molar-refractivity contribution in [3.8, 4) is 0 Å². The topological polar surface area (TPSA) is 48.0 Å². The average molecular weight is 218 g/mol. The molecule has 0 bridgehead atoms. The van der Waals surface area contributed by atoms with E-state index in [-0.39, 0.29) is 12.1 Å². The van der Waals surface area contributed by atoms with Crippen LogP contribution >= 0.6 is 0 Å². The molecule has 1 heterocycles. The van der Waals surface area contributed by atoms with E-state index < -0.39 is 0 Å². The predicted octanol–water partition coefficient (Wildman–Crippen LogP) is 2.03. The highest BCUT2D eigenvalue weighted by Crippen LogP contribution is 2.17. The summed E-state index contributed by atoms with van der Waals surface area (Å²) in [5.41, 5.74) is 2.17. The number of aromatic amines is 1. The van der Waals surface area contributed by atoms with Gasteiger partial charge < -0.3 is 15.4 Å². The fourth-order valence-electron chi connectivity index (χ4n) is 1.70. The fourth-order valence-corrected chi connectivity index (χ4v) is 1.70. The van der Waals surface area contributed by atoms with Crippen LogP contribution in [0.15, 0.2) is 30.5 Å². The lowest BCUT2D eigenvalue weighted by Gasteiger charge is -2.23. The van der Waals surface area contributed by atoms with Crippen molar-refractivity contribution >= 4 is 10.9 Å². The van der Waals surface area contributed by atoms with Crippen molar-refractivity contribution in [1.29, 1.82) is 0 Å². The lowest BCUT2D eigenvalue weighted by atomic mass is 10.1. The minimum absolute atomic E-state index is 0.135. The number of rotatable bonds is 4. The van der Waals surface area contributed by atoms with Gasteiger partial charge in [-0.3, -0.25) is 0 Å². The minimum Gasteiger partial charge on any atom is -0.394 e. The molecule has 0 saturated heterocycles. The third kappa shape index (κ3) is 2.26. The van der Waals surface area contributed by atoms with Crippen LogP contribution in [0.25, 0.3) is 10.9 Å². The molecule has 0 unspecified atom stereocenters. The highest BCUT2D eigenvalue weighted by atomic mass is 16.3. The molecule has 0 aliphatic carbocycles. The van der Waals surface area contributed by atoms with E-state index in [1.54, 1.807) is 0 Å². The Balaban J connectivity index is 2.18. The molecule has 3 nitrogen and oxygen atoms in total. The first-order valence-electron chi connectivity index (χ1n) is 5.53. The monoisotopic (exact) mass is 218 g/mol. The Kier molecular flexibility index (Phi) is 2.99. The molecule has 0 fully saturated rings. The van der Waals surface area contributed by atoms with Gasteiger partial charge in [-0.25, -0.2) is 0 Å². The number of hydrogen-bond donors (Lipinski definition) is 3. The molecule has 0 radical (unpaired) electrons. The Labute approximate surface area is 95.5 Å². The SMILES string of the molecule is CC(C)(CO)NCc1cccc2[nH]ccc12. The minimum atomic E-state index is -0.238. The van der Waals surface area contributed by atoms with Crippen LogP contribution in [0.1, 0.15) is 19.4 Å². The van der Waals surface area contributed by atoms with Gasteiger partial charge in [-0.15, -0.1) is 0 Å². The zero-order valence-electron chi connectivity index (χ0n) is 9.75. The third-order valence-electron chi connectivity index (χ3n) is 2.84. The summed E-state index contributed by atoms with van der Waals surface area (Å²) in [7, 11) is 0. The largest absolute Gasteiger partial charge is 0.394 e. The van der Waals surface area contributed by atoms with Crippen LogP contribution in [0.4, 0.5) is 0 Å². The van der Waals surface area contributed by atoms with E-state index in [1.807, 2.05) is 26.1 Å². The van der Waals surface area contributed by atoms with Gasteiger partial charge in [0.1, 0.15) is 0 Å². The van der Waals surface area contributed by atoms with Crippen molar-refractivity contribution in [2.45, 2.75) is 25.9 Å². The molecule has 0 atom stereocenters. The fraction of sp³-hybridized carbons (Fsp3) is 0.385. The average Bonchev–Trinajstić information content (AvgIpc) is 2.75. The summed E-state index contributed by atoms with van der Waals surface area (Å²) in [6.45, 7) is 4.88. The van der Waals surface area contributed by atoms with Crippen LogP contribution in [0.5, 0.6) is 0 Å². The number of H-pyrrole nitrogens is 1. The molecule has 2 aromatic rings. The Morgan fingerprint density at radius 1 is 1.31 bits per heavy atom. The zero-order valence-corrected chi connectivity index (χ0v) is 9.75. The zero-order chi connectivity index (χ0) is 11.6. The number of aliphatic hydroxyl groups is 1. The highest BCUT2D eigenvalue weighted by Gasteiger charge is 2.15. The number of fused-ring (bicyclic) bond motifs is 1. The molecule has 2 rings (SSSR count). The van der Waals surface area contributed by atoms with E-state index >= 15 is 0 Å². The van der Waals surface area contributed by atoms with E-state index in [0.717, 1.165) is 12.1 Å². The van der Waals surface area contributed by atoms with Crippen LogP contribution in [0.3, 0.4) is 0 Å². The highest BCUT2D eigenvalue weighted by molar-refractivity contribution is 5.82. The molecule has 0 amide bonds. The number of benzene rings is 1. The second kappa shape index (κ2) is 4.28. The normalized spacial score (nSPS) is 12.2. The number of hydrogen-bond acceptors (Lipinski definition) is 2. The summed E-state index contributed by atoms with van der Waals surface area (Å²) in [6, 6.07) is 8.30. The molecular weight excluding hydrogens is 200 g/mol. The van der Waals surface area contributed by atoms with Crippen molar-refractivity contribution in [2.75, 3.05) is 6.61 Å². The van der Waals surface area contributed by atoms with Crippen molar-refractivity contribution in [3.05, 3.63) is 36.0 Å². The number of nitrogens with one attached hydrogen (secondary N) is 2. The predicted molar refractivity (Wildman–Crippen MR) is 66.3 cm³/mol. The first-order valence-corrected chi connectivity index (χ1v) is 5.53. The van der Waals surface area contributed by atoms with Gasteiger partial charge in [0.05, 0.1) is 6.61 Å². The summed E-state index contributed by atoms with van der Waals surface area (Å²) in [5, 5.41) is 13.8. The Morgan fingerprint density at radius 3 is 2.88 bits per heavy atom. The van der Waals surface area contributed by atoms with E-state index in [4.69, 9.17) is 0 Å². The van der Waals surface area contributed by atoms with Crippen molar-refractivity contribution < 1.29 is 5.11 Å². The van der Waals surface area contributed by atoms with Crippen LogP contribution in [-0.2, 0) is 6.54 Å². The Hall–Kier alpha value is -1.32. The quantitative estimate of drug-likeness (QED) is 0.735. The molecule has 0 aliphatic heterocycles. The third-order valence-corrected chi connectivity index (χ3v) is 2.84. The van der Waals surface area contributed by atoms with Gasteiger partial charge in [0.2, 0.25) is 0 Å². The van der Waals surface area contributed by atoms with Gasteiger partial charge in [-0.05, 0) is 31.5 Å². The summed E-state index contributed by atoms with van der Waals surface area (Å²) in [4.78, 5) is 3.19. The van der Waals surface area contributed by atoms with Crippen LogP contribution in [0.2, 0.25) is 0 Å². The lowest BCUT2D eigenvalue weighted by Crippen LogP contribution is -2.42. The molecule has 86 valence electrons. The van der Waals surface area contributed by atoms with Crippen molar-refractivity contribution in [1.82, 2.24) is 10.3 Å². The van der Waals surface area contributed by atoms with Crippen LogP contribution in [-0.4, -0.2) is 22.2 Å². The van der Waals surface area contributed by atoms with Crippen molar-refractivity contribution in [2.24, 2.45) is 0 Å². The summed E-state index contributed by atoms with van der Waals surface area (Å²) < 4.78 is 0. The molecular formula is C13H18N2O. The van der Waals surface area contributed by atoms with Gasteiger partial charge in [-0.2, -0.15) is 0 Å². The maximum absolute atomic E-state index is 9.18. The maximum atomic E-state index is 9.18. The van der Waals surface area contributed by atoms with E-state index in [1.165, 1.54) is 10.9 Å². The van der Waals surface area contributed by atoms with Crippen LogP contribution in [0, 0.1) is 0 Å². The van der Waals surface area contributed by atoms with Gasteiger partial charge in [0.25, 0.3) is 0 Å². The molecule has 16 heavy (non-hydrogen) atoms. The maximum Gasteiger partial charge on any atom is 0.0607 e. The van der Waals surface area contributed by atoms with Crippen LogP contribution < -0.4 is 5.32 Å². The lowest BCUT2D eigenvalue weighted by molar-refractivity contribution is 0.187. The molecule has 3 N–H and O–H groups in total. The standard InChI is InChI=1S/C13H18N2O/c1-13(2,9-16)15-8-10-4-3-5-12-11(10)6-7-14-12/h3-7,14-16H,8-9H2,1-2H3. The van der Waals surface area contributed by atoms with Crippen molar-refractivity contribution in [3.63, 3.8) is 0 Å². The molecule has 1 aromatic heterocycles. The van der Waals surface area contributed by atoms with Gasteiger partial charge in [0, 0.05) is 29.2 Å². The van der Waals surface area contributed by atoms with E-state index in [0.29, 0.717) is 0 Å². The summed E-state index contributed by atoms with van der Waals surface area (Å²) in [6.07, 6.45) is 1.95. The number of aromatic nitrogens is 1. The molecule has 0 spiro atoms. The Bertz CT molecular complexity index is 473. The van der Waals surface area contributed by atoms with Gasteiger partial charge in [0.15, 0.2) is 0 Å². The summed E-state index contributed by atoms with van der Waals surface area (Å²) >= 11 is 0. The summed E-state index contributed by atoms with van der Waals surface area (Å²) in [5.74, 6) is 0. The number of aliphatic hydroxyl groups excluding tert-OH is 1. The second-order valence-corrected chi connectivity index (χ2v) is 4.75. The first kappa shape index (κ1) is 11.2. The van der Waals surface area contributed by atoms with E-state index in [2.05, 4.69) is 28.5 Å². The second-order valence-electron chi connectivity index (χ2n) is 4.75. The molecule has 1 aromatic carbocycles. The first-order chi connectivity index (χ1) is 7.62. The Morgan fingerprint density at radius 2 is 2.12 bits per heavy atom.